The van der Waals surface area contributed by atoms with Crippen LogP contribution >= 0.6 is 0 Å². The van der Waals surface area contributed by atoms with Gasteiger partial charge >= 0.3 is 0 Å². The van der Waals surface area contributed by atoms with Gasteiger partial charge in [0.2, 0.25) is 23.7 Å². The van der Waals surface area contributed by atoms with Crippen molar-refractivity contribution in [3.63, 3.8) is 0 Å². The molecular weight excluding hydrogens is 1330 g/mol. The summed E-state index contributed by atoms with van der Waals surface area (Å²) in [5.41, 5.74) is 18.1. The van der Waals surface area contributed by atoms with Gasteiger partial charge in [0.15, 0.2) is 22.3 Å². The van der Waals surface area contributed by atoms with Crippen LogP contribution in [0.25, 0.3) is 22.3 Å². The normalized spacial score (nSPS) is 13.2. The first-order chi connectivity index (χ1) is 48.4. The molecule has 0 aliphatic carbocycles. The standard InChI is InChI=1S/C32H48N12O8.C32H48N12O6/c1-19(42-48)31(2,3)44-51-16-14-37-32(4,5)24(43-49)12-13-34-28(46)23(7-6-15-52-50)39-27(45)20-8-10-21(11-9-20)35-17-22-18-36-26-25(38-22)29(47)41-30(33)40-26;1-7-8-23(28(46)34-14-13-24(43-49)32(5,6)37-15-16-50-44-31(3,4)19(2)42-48)39-27(45)20-9-11-21(12-10-20)35-17-22-18-36-26-25(38-22)29(47)41-30(33)40-26/h8-11,18,23,35,37,44,48-50H,6-7,12-17H2,1-5H3,(H,34,46)(H,39,45)(H3,33,36,40,41,47);9-12,18,23,35,37,44,48-49H,7-8,13-17H2,1-6H3,(H,34,46)(H,39,45)(H3,33,36,40,41,47)/b2*42-19-,43-24-. The zero-order valence-corrected chi connectivity index (χ0v) is 59.1. The van der Waals surface area contributed by atoms with Crippen LogP contribution < -0.4 is 76.1 Å². The van der Waals surface area contributed by atoms with Crippen LogP contribution in [0.3, 0.4) is 0 Å². The van der Waals surface area contributed by atoms with E-state index in [0.717, 1.165) is 0 Å². The molecule has 4 heterocycles. The molecule has 102 heavy (non-hydrogen) atoms. The lowest BCUT2D eigenvalue weighted by atomic mass is 9.95. The van der Waals surface area contributed by atoms with Crippen molar-refractivity contribution >= 4 is 92.1 Å². The van der Waals surface area contributed by atoms with Gasteiger partial charge in [-0.15, -0.1) is 0 Å². The number of H-pyrrole nitrogens is 2. The number of aromatic nitrogens is 8. The van der Waals surface area contributed by atoms with E-state index in [1.807, 2.05) is 48.5 Å². The van der Waals surface area contributed by atoms with Crippen molar-refractivity contribution in [2.75, 3.05) is 68.1 Å². The summed E-state index contributed by atoms with van der Waals surface area (Å²) in [5.74, 6) is -1.81. The Bertz CT molecular complexity index is 3990. The maximum Gasteiger partial charge on any atom is 0.280 e. The number of aromatic amines is 2. The molecule has 0 radical (unpaired) electrons. The van der Waals surface area contributed by atoms with E-state index in [0.29, 0.717) is 82.7 Å². The van der Waals surface area contributed by atoms with Gasteiger partial charge < -0.3 is 74.8 Å². The number of nitrogen functional groups attached to an aromatic ring is 2. The van der Waals surface area contributed by atoms with E-state index in [-0.39, 0.29) is 112 Å². The van der Waals surface area contributed by atoms with Gasteiger partial charge in [-0.3, -0.25) is 53.7 Å². The molecule has 2 unspecified atom stereocenters. The van der Waals surface area contributed by atoms with Gasteiger partial charge in [0.25, 0.3) is 22.9 Å². The minimum Gasteiger partial charge on any atom is -0.411 e. The first-order valence-electron chi connectivity index (χ1n) is 32.6. The van der Waals surface area contributed by atoms with Crippen molar-refractivity contribution in [1.29, 1.82) is 0 Å². The van der Waals surface area contributed by atoms with Gasteiger partial charge in [-0.1, -0.05) is 34.0 Å². The molecule has 4 amide bonds. The maximum absolute atomic E-state index is 13.2. The van der Waals surface area contributed by atoms with Crippen molar-refractivity contribution < 1.29 is 59.8 Å². The van der Waals surface area contributed by atoms with Crippen molar-refractivity contribution in [1.82, 2.24) is 82.7 Å². The minimum atomic E-state index is -0.950. The second-order valence-electron chi connectivity index (χ2n) is 25.4. The Kier molecular flexibility index (Phi) is 31.8. The highest BCUT2D eigenvalue weighted by atomic mass is 17.1. The fourth-order valence-corrected chi connectivity index (χ4v) is 9.36. The molecule has 21 N–H and O–H groups in total. The lowest BCUT2D eigenvalue weighted by Crippen LogP contribution is -2.51. The quantitative estimate of drug-likeness (QED) is 0.00864. The second kappa shape index (κ2) is 39.5. The number of benzene rings is 2. The van der Waals surface area contributed by atoms with Crippen LogP contribution in [-0.2, 0) is 37.2 Å². The van der Waals surface area contributed by atoms with Gasteiger partial charge in [0.05, 0.1) is 102 Å². The Hall–Kier alpha value is -10.5. The lowest BCUT2D eigenvalue weighted by Gasteiger charge is -2.28. The Morgan fingerprint density at radius 3 is 1.30 bits per heavy atom. The molecule has 0 saturated heterocycles. The second-order valence-corrected chi connectivity index (χ2v) is 25.4. The Balaban J connectivity index is 0.000000367. The number of nitrogens with two attached hydrogens (primary N) is 2. The van der Waals surface area contributed by atoms with E-state index in [1.165, 1.54) is 12.4 Å². The van der Waals surface area contributed by atoms with Gasteiger partial charge in [0.1, 0.15) is 12.1 Å². The molecule has 2 aromatic carbocycles. The molecule has 0 aliphatic heterocycles. The topological polar surface area (TPSA) is 562 Å². The number of hydrogen-bond donors (Lipinski definition) is 19. The number of anilines is 4. The van der Waals surface area contributed by atoms with E-state index >= 15 is 0 Å². The monoisotopic (exact) mass is 1420 g/mol. The molecule has 0 bridgehead atoms. The van der Waals surface area contributed by atoms with Crippen molar-refractivity contribution in [2.45, 2.75) is 162 Å². The summed E-state index contributed by atoms with van der Waals surface area (Å²) < 4.78 is 0. The maximum atomic E-state index is 13.2. The number of nitrogens with one attached hydrogen (secondary N) is 12. The molecule has 4 aromatic heterocycles. The zero-order chi connectivity index (χ0) is 75.2. The third kappa shape index (κ3) is 25.6. The minimum absolute atomic E-state index is 0.0346. The summed E-state index contributed by atoms with van der Waals surface area (Å²) in [4.78, 5) is 121. The first-order valence-corrected chi connectivity index (χ1v) is 32.6. The smallest absolute Gasteiger partial charge is 0.280 e. The van der Waals surface area contributed by atoms with Crippen LogP contribution in [0.4, 0.5) is 23.3 Å². The van der Waals surface area contributed by atoms with Gasteiger partial charge in [-0.2, -0.15) is 20.9 Å². The largest absolute Gasteiger partial charge is 0.411 e. The number of hydrogen-bond acceptors (Lipinski definition) is 32. The van der Waals surface area contributed by atoms with Crippen LogP contribution in [0.2, 0.25) is 0 Å². The molecule has 0 fully saturated rings. The van der Waals surface area contributed by atoms with Crippen LogP contribution in [0.1, 0.15) is 147 Å². The van der Waals surface area contributed by atoms with Crippen LogP contribution in [0.5, 0.6) is 0 Å². The fourth-order valence-electron chi connectivity index (χ4n) is 9.36. The van der Waals surface area contributed by atoms with Gasteiger partial charge in [-0.05, 0) is 137 Å². The van der Waals surface area contributed by atoms with Gasteiger partial charge in [0, 0.05) is 61.5 Å². The average Bonchev–Trinajstić information content (AvgIpc) is 0.815. The summed E-state index contributed by atoms with van der Waals surface area (Å²) in [6.07, 6.45) is 4.97. The highest BCUT2D eigenvalue weighted by Gasteiger charge is 2.30. The van der Waals surface area contributed by atoms with Gasteiger partial charge in [-0.25, -0.2) is 24.8 Å². The number of carbonyl (C=O) groups is 4. The molecule has 0 saturated carbocycles. The third-order valence-corrected chi connectivity index (χ3v) is 16.1. The number of hydroxylamine groups is 2. The molecule has 2 atom stereocenters. The molecule has 38 nitrogen and oxygen atoms in total. The van der Waals surface area contributed by atoms with E-state index in [1.54, 1.807) is 76.2 Å². The number of oxime groups is 4. The lowest BCUT2D eigenvalue weighted by molar-refractivity contribution is -0.242. The summed E-state index contributed by atoms with van der Waals surface area (Å²) in [7, 11) is 0. The number of carbonyl (C=O) groups excluding carboxylic acids is 4. The van der Waals surface area contributed by atoms with Crippen LogP contribution in [-0.4, -0.2) is 193 Å². The molecule has 0 aliphatic rings. The van der Waals surface area contributed by atoms with Crippen molar-refractivity contribution in [3.05, 3.63) is 104 Å². The summed E-state index contributed by atoms with van der Waals surface area (Å²) in [5, 5.41) is 83.4. The summed E-state index contributed by atoms with van der Waals surface area (Å²) >= 11 is 0. The molecular formula is C64H96N24O14. The number of fused-ring (bicyclic) bond motifs is 2. The molecule has 6 aromatic rings. The Morgan fingerprint density at radius 2 is 0.941 bits per heavy atom. The highest BCUT2D eigenvalue weighted by Crippen LogP contribution is 2.17. The number of amides is 4. The first kappa shape index (κ1) is 82.2. The fraction of sp³-hybridized carbons (Fsp3) is 0.500. The summed E-state index contributed by atoms with van der Waals surface area (Å²) in [6, 6.07) is 11.5. The van der Waals surface area contributed by atoms with Crippen molar-refractivity contribution in [2.24, 2.45) is 20.6 Å². The Labute approximate surface area is 587 Å². The van der Waals surface area contributed by atoms with E-state index < -0.39 is 63.1 Å². The SMILES string of the molecule is C/C(=N/O)C(C)(C)NOCCNC(C)(C)/C(CCNC(=O)C(CCCOO)NC(=O)c1ccc(NCc2cnc3nc(N)[nH]c(=O)c3n2)cc1)=N\O.CCCC(NC(=O)c1ccc(NCc2cnc3nc(N)[nH]c(=O)c3n2)cc1)C(=O)NCC/C(=N/O)C(C)(C)NCCONC(C)(C)/C(C)=N\O. The average molecular weight is 1430 g/mol. The molecule has 0 spiro atoms. The summed E-state index contributed by atoms with van der Waals surface area (Å²) in [6.45, 7) is 21.9. The molecule has 6 rings (SSSR count). The van der Waals surface area contributed by atoms with Crippen molar-refractivity contribution in [3.8, 4) is 0 Å². The predicted molar refractivity (Wildman–Crippen MR) is 381 cm³/mol. The highest BCUT2D eigenvalue weighted by molar-refractivity contribution is 5.99. The van der Waals surface area contributed by atoms with E-state index in [4.69, 9.17) is 36.8 Å². The Morgan fingerprint density at radius 1 is 0.549 bits per heavy atom. The third-order valence-electron chi connectivity index (χ3n) is 16.1. The molecule has 556 valence electrons. The van der Waals surface area contributed by atoms with Crippen LogP contribution in [0, 0.1) is 0 Å². The molecule has 38 heteroatoms. The van der Waals surface area contributed by atoms with Crippen LogP contribution in [0.15, 0.2) is 91.1 Å². The predicted octanol–water partition coefficient (Wildman–Crippen LogP) is 2.79. The number of nitrogens with zero attached hydrogens (tertiary/aromatic N) is 10. The zero-order valence-electron chi connectivity index (χ0n) is 59.1. The van der Waals surface area contributed by atoms with E-state index in [9.17, 15) is 39.2 Å². The number of rotatable bonds is 40. The van der Waals surface area contributed by atoms with E-state index in [2.05, 4.69) is 119 Å².